The van der Waals surface area contributed by atoms with Crippen LogP contribution in [0.4, 0.5) is 10.2 Å². The van der Waals surface area contributed by atoms with Crippen molar-refractivity contribution in [3.8, 4) is 0 Å². The third-order valence-electron chi connectivity index (χ3n) is 6.33. The first-order valence-electron chi connectivity index (χ1n) is 15.1. The third kappa shape index (κ3) is 4.92. The standard InChI is InChI=1S/C24H31FN6O4S/c1-3-8-36-24-27-22(26-16-10-14(16)13-5-4-12(2)15(25)9-13)19-23(28-24)31(30-29-19)17-11-18(35-7-6-32)21(34)20(17)33/h4-5,9,14,16-18,20-21,32-34H,3,6-8,10-11H2,1-2H3,(H,26,27,28)/t14-,16+,17+,18-,20-,21+/m0/s1/i4D,5D,6D2,8D2,9D. The molecule has 2 aliphatic carbocycles. The Kier molecular flexibility index (Phi) is 5.26. The zero-order chi connectivity index (χ0) is 31.6. The van der Waals surface area contributed by atoms with Gasteiger partial charge in [-0.2, -0.15) is 0 Å². The van der Waals surface area contributed by atoms with Gasteiger partial charge >= 0.3 is 0 Å². The van der Waals surface area contributed by atoms with Gasteiger partial charge in [-0.1, -0.05) is 36.0 Å². The predicted octanol–water partition coefficient (Wildman–Crippen LogP) is 2.18. The molecule has 0 unspecified atom stereocenters. The summed E-state index contributed by atoms with van der Waals surface area (Å²) in [6, 6.07) is -2.27. The molecular weight excluding hydrogens is 487 g/mol. The smallest absolute Gasteiger partial charge is 0.191 e. The number of nitrogens with one attached hydrogen (secondary N) is 1. The van der Waals surface area contributed by atoms with E-state index in [4.69, 9.17) is 14.3 Å². The van der Waals surface area contributed by atoms with Crippen molar-refractivity contribution in [3.05, 3.63) is 35.1 Å². The molecular formula is C24H31FN6O4S. The summed E-state index contributed by atoms with van der Waals surface area (Å²) in [6.45, 7) is -0.358. The van der Waals surface area contributed by atoms with Gasteiger partial charge in [0.25, 0.3) is 0 Å². The lowest BCUT2D eigenvalue weighted by atomic mass is 10.1. The van der Waals surface area contributed by atoms with Gasteiger partial charge in [0.05, 0.1) is 32.2 Å². The molecule has 2 saturated carbocycles. The van der Waals surface area contributed by atoms with E-state index in [0.29, 0.717) is 6.42 Å². The minimum Gasteiger partial charge on any atom is -0.394 e. The van der Waals surface area contributed by atoms with Gasteiger partial charge in [0.2, 0.25) is 0 Å². The first kappa shape index (κ1) is 18.0. The van der Waals surface area contributed by atoms with Crippen LogP contribution in [0.1, 0.15) is 58.9 Å². The molecule has 3 aromatic rings. The first-order valence-corrected chi connectivity index (χ1v) is 12.4. The van der Waals surface area contributed by atoms with Gasteiger partial charge in [-0.05, 0) is 36.9 Å². The van der Waals surface area contributed by atoms with Gasteiger partial charge in [-0.3, -0.25) is 0 Å². The second-order valence-electron chi connectivity index (χ2n) is 8.77. The topological polar surface area (TPSA) is 138 Å². The van der Waals surface area contributed by atoms with Crippen LogP contribution in [0.5, 0.6) is 0 Å². The second-order valence-corrected chi connectivity index (χ2v) is 9.63. The Morgan fingerprint density at radius 2 is 2.14 bits per heavy atom. The average molecular weight is 526 g/mol. The van der Waals surface area contributed by atoms with Crippen molar-refractivity contribution < 1.29 is 34.0 Å². The first-order chi connectivity index (χ1) is 20.0. The highest BCUT2D eigenvalue weighted by Gasteiger charge is 2.45. The summed E-state index contributed by atoms with van der Waals surface area (Å²) < 4.78 is 76.7. The summed E-state index contributed by atoms with van der Waals surface area (Å²) in [4.78, 5) is 8.91. The molecule has 0 aliphatic heterocycles. The largest absolute Gasteiger partial charge is 0.394 e. The highest BCUT2D eigenvalue weighted by molar-refractivity contribution is 7.99. The van der Waals surface area contributed by atoms with E-state index in [9.17, 15) is 19.7 Å². The fourth-order valence-electron chi connectivity index (χ4n) is 4.33. The summed E-state index contributed by atoms with van der Waals surface area (Å²) in [6.07, 6.45) is -3.37. The van der Waals surface area contributed by atoms with Crippen LogP contribution in [-0.4, -0.2) is 83.5 Å². The Bertz CT molecular complexity index is 1520. The second kappa shape index (κ2) is 10.5. The number of rotatable bonds is 10. The van der Waals surface area contributed by atoms with E-state index in [-0.39, 0.29) is 58.2 Å². The Labute approximate surface area is 222 Å². The quantitative estimate of drug-likeness (QED) is 0.230. The van der Waals surface area contributed by atoms with Crippen LogP contribution in [0.3, 0.4) is 0 Å². The average Bonchev–Trinajstić information content (AvgIpc) is 3.44. The van der Waals surface area contributed by atoms with Crippen molar-refractivity contribution in [1.29, 1.82) is 0 Å². The Hall–Kier alpha value is -2.38. The molecule has 1 aromatic carbocycles. The molecule has 36 heavy (non-hydrogen) atoms. The maximum atomic E-state index is 14.6. The van der Waals surface area contributed by atoms with Crippen LogP contribution in [0.2, 0.25) is 0 Å². The third-order valence-corrected chi connectivity index (χ3v) is 7.13. The number of aliphatic hydroxyl groups excluding tert-OH is 2. The molecule has 2 heterocycles. The molecule has 0 radical (unpaired) electrons. The zero-order valence-electron chi connectivity index (χ0n) is 26.6. The van der Waals surface area contributed by atoms with Crippen LogP contribution < -0.4 is 5.32 Å². The highest BCUT2D eigenvalue weighted by Crippen LogP contribution is 2.44. The molecule has 6 atom stereocenters. The normalized spacial score (nSPS) is 31.2. The van der Waals surface area contributed by atoms with Crippen molar-refractivity contribution in [1.82, 2.24) is 25.0 Å². The van der Waals surface area contributed by atoms with Gasteiger partial charge in [-0.25, -0.2) is 19.0 Å². The molecule has 4 N–H and O–H groups in total. The SMILES string of the molecule is [2H]c1c([2H])c([C@@H]2C[C@H]2Nc2nc(SC([2H])([2H])CC)nc3c2nnn3[C@@H]2C[C@H](OCC([2H])([2H])O)[C@@H](O)[C@H]2O)c([2H])c(F)c1C. The maximum absolute atomic E-state index is 14.6. The van der Waals surface area contributed by atoms with Crippen molar-refractivity contribution >= 4 is 28.7 Å². The number of halogens is 1. The van der Waals surface area contributed by atoms with Crippen LogP contribution in [0, 0.1) is 12.7 Å². The summed E-state index contributed by atoms with van der Waals surface area (Å²) in [7, 11) is 0. The summed E-state index contributed by atoms with van der Waals surface area (Å²) in [5.74, 6) is -1.15. The molecule has 0 amide bonds. The van der Waals surface area contributed by atoms with E-state index in [1.54, 1.807) is 6.92 Å². The highest BCUT2D eigenvalue weighted by atomic mass is 32.2. The number of aliphatic hydroxyl groups is 3. The van der Waals surface area contributed by atoms with Crippen LogP contribution in [0.25, 0.3) is 11.2 Å². The lowest BCUT2D eigenvalue weighted by molar-refractivity contribution is -0.0629. The van der Waals surface area contributed by atoms with E-state index in [2.05, 4.69) is 25.6 Å². The van der Waals surface area contributed by atoms with E-state index in [1.165, 1.54) is 11.6 Å². The summed E-state index contributed by atoms with van der Waals surface area (Å²) in [5, 5.41) is 42.2. The fourth-order valence-corrected chi connectivity index (χ4v) is 4.87. The van der Waals surface area contributed by atoms with E-state index < -0.39 is 67.0 Å². The number of hydrogen-bond acceptors (Lipinski definition) is 10. The molecule has 0 bridgehead atoms. The number of aromatic nitrogens is 5. The van der Waals surface area contributed by atoms with Crippen molar-refractivity contribution in [2.45, 2.75) is 74.6 Å². The van der Waals surface area contributed by atoms with Gasteiger partial charge in [0, 0.05) is 26.8 Å². The monoisotopic (exact) mass is 525 g/mol. The Morgan fingerprint density at radius 3 is 2.92 bits per heavy atom. The van der Waals surface area contributed by atoms with Gasteiger partial charge in [0.1, 0.15) is 18.0 Å². The van der Waals surface area contributed by atoms with Gasteiger partial charge in [0.15, 0.2) is 22.1 Å². The number of hydrogen-bond donors (Lipinski definition) is 4. The van der Waals surface area contributed by atoms with E-state index >= 15 is 0 Å². The maximum Gasteiger partial charge on any atom is 0.191 e. The molecule has 2 aromatic heterocycles. The minimum atomic E-state index is -2.64. The van der Waals surface area contributed by atoms with Gasteiger partial charge in [-0.15, -0.1) is 5.10 Å². The molecule has 5 rings (SSSR count). The number of thioether (sulfide) groups is 1. The fraction of sp³-hybridized carbons (Fsp3) is 0.583. The molecule has 0 spiro atoms. The van der Waals surface area contributed by atoms with E-state index in [1.807, 2.05) is 0 Å². The van der Waals surface area contributed by atoms with E-state index in [0.717, 1.165) is 11.8 Å². The molecule has 2 aliphatic rings. The molecule has 10 nitrogen and oxygen atoms in total. The van der Waals surface area contributed by atoms with Crippen LogP contribution in [0.15, 0.2) is 23.3 Å². The van der Waals surface area contributed by atoms with Crippen molar-refractivity contribution in [2.24, 2.45) is 0 Å². The molecule has 12 heteroatoms. The van der Waals surface area contributed by atoms with Gasteiger partial charge < -0.3 is 25.4 Å². The van der Waals surface area contributed by atoms with Crippen molar-refractivity contribution in [3.63, 3.8) is 0 Å². The minimum absolute atomic E-state index is 0.0223. The number of fused-ring (bicyclic) bond motifs is 1. The van der Waals surface area contributed by atoms with Crippen LogP contribution >= 0.6 is 11.8 Å². The number of benzene rings is 1. The number of ether oxygens (including phenoxy) is 1. The molecule has 2 fully saturated rings. The number of anilines is 1. The zero-order valence-corrected chi connectivity index (χ0v) is 20.4. The summed E-state index contributed by atoms with van der Waals surface area (Å²) >= 11 is 0.759. The van der Waals surface area contributed by atoms with Crippen LogP contribution in [-0.2, 0) is 4.74 Å². The lowest BCUT2D eigenvalue weighted by Crippen LogP contribution is -2.33. The predicted molar refractivity (Wildman–Crippen MR) is 133 cm³/mol. The Balaban J connectivity index is 1.48. The Morgan fingerprint density at radius 1 is 1.31 bits per heavy atom. The number of nitrogens with zero attached hydrogens (tertiary/aromatic N) is 5. The molecule has 194 valence electrons. The van der Waals surface area contributed by atoms with Crippen molar-refractivity contribution in [2.75, 3.05) is 24.2 Å². The molecule has 0 saturated heterocycles. The lowest BCUT2D eigenvalue weighted by Gasteiger charge is -2.17. The summed E-state index contributed by atoms with van der Waals surface area (Å²) in [5.41, 5.74) is -1.43.